The minimum atomic E-state index is -3.48. The number of benzene rings is 2. The molecule has 5 rings (SSSR count). The lowest BCUT2D eigenvalue weighted by Crippen LogP contribution is -2.09. The first-order valence-electron chi connectivity index (χ1n) is 9.96. The molecule has 0 spiro atoms. The maximum absolute atomic E-state index is 11.9. The molecule has 0 aliphatic heterocycles. The van der Waals surface area contributed by atoms with Gasteiger partial charge in [0.25, 0.3) is 0 Å². The van der Waals surface area contributed by atoms with Crippen LogP contribution in [0.1, 0.15) is 5.56 Å². The first kappa shape index (κ1) is 20.1. The quantitative estimate of drug-likeness (QED) is 0.428. The van der Waals surface area contributed by atoms with Crippen molar-refractivity contribution in [1.29, 1.82) is 0 Å². The average Bonchev–Trinajstić information content (AvgIpc) is 3.27. The summed E-state index contributed by atoms with van der Waals surface area (Å²) in [5, 5.41) is 11.1. The zero-order valence-electron chi connectivity index (χ0n) is 17.5. The van der Waals surface area contributed by atoms with Gasteiger partial charge in [-0.05, 0) is 23.8 Å². The van der Waals surface area contributed by atoms with Crippen molar-refractivity contribution in [2.75, 3.05) is 11.0 Å². The molecule has 3 aromatic heterocycles. The SMILES string of the molecule is Cn1cc(-c2nc3c(NS(C)(=O)=O)cccc3n2Cc2ccccc2)c2ccnc(O)c21. The number of pyridine rings is 1. The van der Waals surface area contributed by atoms with E-state index >= 15 is 0 Å². The second kappa shape index (κ2) is 7.38. The molecule has 32 heavy (non-hydrogen) atoms. The summed E-state index contributed by atoms with van der Waals surface area (Å²) in [7, 11) is -1.64. The van der Waals surface area contributed by atoms with E-state index in [1.165, 1.54) is 0 Å². The maximum Gasteiger partial charge on any atom is 0.236 e. The Kier molecular flexibility index (Phi) is 4.63. The molecule has 0 aliphatic rings. The lowest BCUT2D eigenvalue weighted by molar-refractivity contribution is 0.457. The molecule has 0 saturated heterocycles. The minimum Gasteiger partial charge on any atom is -0.492 e. The molecular formula is C23H21N5O3S. The first-order valence-corrected chi connectivity index (χ1v) is 11.9. The molecule has 162 valence electrons. The smallest absolute Gasteiger partial charge is 0.236 e. The second-order valence-electron chi connectivity index (χ2n) is 7.74. The molecule has 0 aliphatic carbocycles. The Balaban J connectivity index is 1.81. The van der Waals surface area contributed by atoms with Gasteiger partial charge in [-0.1, -0.05) is 36.4 Å². The Bertz CT molecular complexity index is 1570. The van der Waals surface area contributed by atoms with Crippen LogP contribution in [-0.4, -0.2) is 38.9 Å². The van der Waals surface area contributed by atoms with Gasteiger partial charge >= 0.3 is 0 Å². The van der Waals surface area contributed by atoms with Crippen LogP contribution in [0.3, 0.4) is 0 Å². The normalized spacial score (nSPS) is 11.9. The van der Waals surface area contributed by atoms with E-state index < -0.39 is 10.0 Å². The highest BCUT2D eigenvalue weighted by atomic mass is 32.2. The topological polar surface area (TPSA) is 102 Å². The summed E-state index contributed by atoms with van der Waals surface area (Å²) in [4.78, 5) is 8.87. The molecule has 2 N–H and O–H groups in total. The predicted molar refractivity (Wildman–Crippen MR) is 125 cm³/mol. The molecule has 0 atom stereocenters. The number of imidazole rings is 1. The third-order valence-electron chi connectivity index (χ3n) is 5.37. The van der Waals surface area contributed by atoms with Gasteiger partial charge in [0, 0.05) is 36.9 Å². The fourth-order valence-electron chi connectivity index (χ4n) is 4.07. The van der Waals surface area contributed by atoms with Crippen molar-refractivity contribution in [2.45, 2.75) is 6.54 Å². The van der Waals surface area contributed by atoms with Gasteiger partial charge in [0.2, 0.25) is 15.9 Å². The van der Waals surface area contributed by atoms with E-state index in [1.807, 2.05) is 66.3 Å². The number of nitrogens with one attached hydrogen (secondary N) is 1. The number of aromatic nitrogens is 4. The Morgan fingerprint density at radius 2 is 1.84 bits per heavy atom. The Morgan fingerprint density at radius 1 is 1.06 bits per heavy atom. The van der Waals surface area contributed by atoms with E-state index in [1.54, 1.807) is 12.3 Å². The molecule has 3 heterocycles. The van der Waals surface area contributed by atoms with Crippen LogP contribution in [0.4, 0.5) is 5.69 Å². The second-order valence-corrected chi connectivity index (χ2v) is 9.49. The predicted octanol–water partition coefficient (Wildman–Crippen LogP) is 3.72. The van der Waals surface area contributed by atoms with Crippen LogP contribution in [-0.2, 0) is 23.6 Å². The van der Waals surface area contributed by atoms with E-state index in [2.05, 4.69) is 14.3 Å². The minimum absolute atomic E-state index is 0.0543. The summed E-state index contributed by atoms with van der Waals surface area (Å²) in [6.07, 6.45) is 4.58. The average molecular weight is 448 g/mol. The molecule has 5 aromatic rings. The van der Waals surface area contributed by atoms with Gasteiger partial charge < -0.3 is 14.2 Å². The van der Waals surface area contributed by atoms with Crippen LogP contribution in [0, 0.1) is 0 Å². The number of para-hydroxylation sites is 1. The lowest BCUT2D eigenvalue weighted by atomic mass is 10.2. The van der Waals surface area contributed by atoms with E-state index in [0.29, 0.717) is 29.1 Å². The van der Waals surface area contributed by atoms with Crippen molar-refractivity contribution in [3.8, 4) is 17.3 Å². The van der Waals surface area contributed by atoms with Gasteiger partial charge in [-0.25, -0.2) is 18.4 Å². The Morgan fingerprint density at radius 3 is 2.59 bits per heavy atom. The summed E-state index contributed by atoms with van der Waals surface area (Å²) < 4.78 is 30.3. The molecule has 0 unspecified atom stereocenters. The van der Waals surface area contributed by atoms with Crippen LogP contribution in [0.2, 0.25) is 0 Å². The fourth-order valence-corrected chi connectivity index (χ4v) is 4.64. The molecule has 0 fully saturated rings. The largest absolute Gasteiger partial charge is 0.492 e. The molecule has 0 bridgehead atoms. The van der Waals surface area contributed by atoms with Gasteiger partial charge in [0.05, 0.1) is 17.5 Å². The zero-order valence-corrected chi connectivity index (χ0v) is 18.3. The Labute approximate surface area is 184 Å². The van der Waals surface area contributed by atoms with Crippen molar-refractivity contribution < 1.29 is 13.5 Å². The number of sulfonamides is 1. The van der Waals surface area contributed by atoms with Gasteiger partial charge in [0.15, 0.2) is 0 Å². The van der Waals surface area contributed by atoms with Gasteiger partial charge in [-0.3, -0.25) is 4.72 Å². The number of hydrogen-bond acceptors (Lipinski definition) is 5. The van der Waals surface area contributed by atoms with Crippen LogP contribution in [0.15, 0.2) is 67.0 Å². The highest BCUT2D eigenvalue weighted by Crippen LogP contribution is 2.36. The molecule has 2 aromatic carbocycles. The third kappa shape index (κ3) is 3.46. The van der Waals surface area contributed by atoms with Crippen LogP contribution in [0.25, 0.3) is 33.3 Å². The summed E-state index contributed by atoms with van der Waals surface area (Å²) in [6, 6.07) is 17.3. The van der Waals surface area contributed by atoms with E-state index in [0.717, 1.165) is 28.3 Å². The number of rotatable bonds is 5. The van der Waals surface area contributed by atoms with Crippen molar-refractivity contribution in [3.05, 3.63) is 72.6 Å². The molecule has 0 amide bonds. The van der Waals surface area contributed by atoms with Crippen LogP contribution < -0.4 is 4.72 Å². The fraction of sp³-hybridized carbons (Fsp3) is 0.130. The van der Waals surface area contributed by atoms with Gasteiger partial charge in [-0.15, -0.1) is 0 Å². The summed E-state index contributed by atoms with van der Waals surface area (Å²) in [6.45, 7) is 0.544. The van der Waals surface area contributed by atoms with Crippen molar-refractivity contribution in [1.82, 2.24) is 19.1 Å². The van der Waals surface area contributed by atoms with E-state index in [9.17, 15) is 13.5 Å². The van der Waals surface area contributed by atoms with Crippen molar-refractivity contribution in [3.63, 3.8) is 0 Å². The van der Waals surface area contributed by atoms with Gasteiger partial charge in [-0.2, -0.15) is 0 Å². The number of hydrogen-bond donors (Lipinski definition) is 2. The molecular weight excluding hydrogens is 426 g/mol. The number of aromatic hydroxyl groups is 1. The maximum atomic E-state index is 11.9. The summed E-state index contributed by atoms with van der Waals surface area (Å²) >= 11 is 0. The zero-order chi connectivity index (χ0) is 22.5. The first-order chi connectivity index (χ1) is 15.3. The number of fused-ring (bicyclic) bond motifs is 2. The monoisotopic (exact) mass is 447 g/mol. The third-order valence-corrected chi connectivity index (χ3v) is 5.96. The number of anilines is 1. The highest BCUT2D eigenvalue weighted by molar-refractivity contribution is 7.92. The summed E-state index contributed by atoms with van der Waals surface area (Å²) in [5.41, 5.74) is 4.28. The van der Waals surface area contributed by atoms with E-state index in [-0.39, 0.29) is 5.88 Å². The van der Waals surface area contributed by atoms with Crippen LogP contribution >= 0.6 is 0 Å². The van der Waals surface area contributed by atoms with E-state index in [4.69, 9.17) is 4.98 Å². The van der Waals surface area contributed by atoms with Crippen LogP contribution in [0.5, 0.6) is 5.88 Å². The summed E-state index contributed by atoms with van der Waals surface area (Å²) in [5.74, 6) is 0.615. The molecule has 9 heteroatoms. The Hall–Kier alpha value is -3.85. The molecule has 0 saturated carbocycles. The highest BCUT2D eigenvalue weighted by Gasteiger charge is 2.21. The number of nitrogens with zero attached hydrogens (tertiary/aromatic N) is 4. The van der Waals surface area contributed by atoms with Gasteiger partial charge in [0.1, 0.15) is 16.9 Å². The molecule has 0 radical (unpaired) electrons. The number of aryl methyl sites for hydroxylation is 1. The molecule has 8 nitrogen and oxygen atoms in total. The van der Waals surface area contributed by atoms with Crippen molar-refractivity contribution >= 4 is 37.6 Å². The lowest BCUT2D eigenvalue weighted by Gasteiger charge is -2.10. The standard InChI is InChI=1S/C23H21N5O3S/c1-27-14-17(16-11-12-24-23(29)21(16)27)22-25-20-18(26-32(2,30)31)9-6-10-19(20)28(22)13-15-7-4-3-5-8-15/h3-12,14,26H,13H2,1-2H3,(H,24,29). The van der Waals surface area contributed by atoms with Crippen molar-refractivity contribution in [2.24, 2.45) is 7.05 Å².